The third kappa shape index (κ3) is 4.09. The molecule has 3 rings (SSSR count). The highest BCUT2D eigenvalue weighted by molar-refractivity contribution is 5.97. The number of rotatable bonds is 6. The van der Waals surface area contributed by atoms with Gasteiger partial charge in [0.15, 0.2) is 5.82 Å². The maximum absolute atomic E-state index is 12.4. The molecule has 2 aromatic rings. The number of carbonyl (C=O) groups excluding carboxylic acids is 2. The molecule has 7 nitrogen and oxygen atoms in total. The Kier molecular flexibility index (Phi) is 5.35. The Morgan fingerprint density at radius 3 is 2.62 bits per heavy atom. The predicted molar refractivity (Wildman–Crippen MR) is 96.8 cm³/mol. The standard InChI is InChI=1S/C19H24N4O3/c1-12(2)11-16-21-19(26-22-16)13(3)20-18(25)14-6-8-15(9-7-14)23-10-4-5-17(23)24/h6-9,12-13H,4-5,10-11H2,1-3H3,(H,20,25)/t13-/m1/s1. The van der Waals surface area contributed by atoms with Gasteiger partial charge in [-0.1, -0.05) is 19.0 Å². The second kappa shape index (κ2) is 7.68. The maximum Gasteiger partial charge on any atom is 0.251 e. The molecule has 1 fully saturated rings. The first-order chi connectivity index (χ1) is 12.4. The van der Waals surface area contributed by atoms with Gasteiger partial charge in [-0.3, -0.25) is 9.59 Å². The average Bonchev–Trinajstić information content (AvgIpc) is 3.23. The fourth-order valence-electron chi connectivity index (χ4n) is 2.95. The summed E-state index contributed by atoms with van der Waals surface area (Å²) < 4.78 is 5.24. The van der Waals surface area contributed by atoms with Gasteiger partial charge in [-0.25, -0.2) is 0 Å². The molecule has 0 aliphatic carbocycles. The molecule has 138 valence electrons. The normalized spacial score (nSPS) is 15.5. The van der Waals surface area contributed by atoms with E-state index >= 15 is 0 Å². The number of amides is 2. The number of benzene rings is 1. The van der Waals surface area contributed by atoms with Crippen LogP contribution in [0.15, 0.2) is 28.8 Å². The van der Waals surface area contributed by atoms with Crippen molar-refractivity contribution in [2.75, 3.05) is 11.4 Å². The molecule has 1 aromatic heterocycles. The van der Waals surface area contributed by atoms with Crippen molar-refractivity contribution < 1.29 is 14.1 Å². The van der Waals surface area contributed by atoms with E-state index < -0.39 is 0 Å². The van der Waals surface area contributed by atoms with Gasteiger partial charge in [-0.2, -0.15) is 4.98 Å². The summed E-state index contributed by atoms with van der Waals surface area (Å²) >= 11 is 0. The van der Waals surface area contributed by atoms with Crippen LogP contribution in [0.5, 0.6) is 0 Å². The number of hydrogen-bond acceptors (Lipinski definition) is 5. The second-order valence-electron chi connectivity index (χ2n) is 7.04. The van der Waals surface area contributed by atoms with Gasteiger partial charge < -0.3 is 14.7 Å². The number of anilines is 1. The minimum Gasteiger partial charge on any atom is -0.341 e. The topological polar surface area (TPSA) is 88.3 Å². The molecule has 2 amide bonds. The van der Waals surface area contributed by atoms with Crippen LogP contribution < -0.4 is 10.2 Å². The maximum atomic E-state index is 12.4. The van der Waals surface area contributed by atoms with E-state index in [1.807, 2.05) is 6.92 Å². The largest absolute Gasteiger partial charge is 0.341 e. The SMILES string of the molecule is CC(C)Cc1noc([C@@H](C)NC(=O)c2ccc(N3CCCC3=O)cc2)n1. The van der Waals surface area contributed by atoms with E-state index in [-0.39, 0.29) is 17.9 Å². The summed E-state index contributed by atoms with van der Waals surface area (Å²) in [6.45, 7) is 6.71. The molecule has 1 saturated heterocycles. The van der Waals surface area contributed by atoms with Gasteiger partial charge in [0.25, 0.3) is 5.91 Å². The van der Waals surface area contributed by atoms with Crippen molar-refractivity contribution in [3.05, 3.63) is 41.5 Å². The predicted octanol–water partition coefficient (Wildman–Crippen LogP) is 2.89. The first-order valence-corrected chi connectivity index (χ1v) is 8.98. The lowest BCUT2D eigenvalue weighted by atomic mass is 10.1. The van der Waals surface area contributed by atoms with Crippen LogP contribution in [-0.2, 0) is 11.2 Å². The monoisotopic (exact) mass is 356 g/mol. The molecule has 1 aromatic carbocycles. The molecule has 0 radical (unpaired) electrons. The highest BCUT2D eigenvalue weighted by atomic mass is 16.5. The quantitative estimate of drug-likeness (QED) is 0.860. The Hall–Kier alpha value is -2.70. The molecule has 0 spiro atoms. The van der Waals surface area contributed by atoms with Crippen LogP contribution >= 0.6 is 0 Å². The molecule has 1 aliphatic heterocycles. The van der Waals surface area contributed by atoms with E-state index in [9.17, 15) is 9.59 Å². The Morgan fingerprint density at radius 2 is 2.00 bits per heavy atom. The minimum absolute atomic E-state index is 0.129. The van der Waals surface area contributed by atoms with Crippen molar-refractivity contribution in [3.8, 4) is 0 Å². The van der Waals surface area contributed by atoms with Crippen molar-refractivity contribution in [2.24, 2.45) is 5.92 Å². The molecular formula is C19H24N4O3. The van der Waals surface area contributed by atoms with Crippen LogP contribution in [0.3, 0.4) is 0 Å². The smallest absolute Gasteiger partial charge is 0.251 e. The second-order valence-corrected chi connectivity index (χ2v) is 7.04. The molecule has 26 heavy (non-hydrogen) atoms. The highest BCUT2D eigenvalue weighted by Crippen LogP contribution is 2.22. The van der Waals surface area contributed by atoms with Gasteiger partial charge in [-0.15, -0.1) is 0 Å². The van der Waals surface area contributed by atoms with Gasteiger partial charge >= 0.3 is 0 Å². The summed E-state index contributed by atoms with van der Waals surface area (Å²) in [5, 5.41) is 6.81. The number of aromatic nitrogens is 2. The zero-order valence-corrected chi connectivity index (χ0v) is 15.4. The summed E-state index contributed by atoms with van der Waals surface area (Å²) in [5.74, 6) is 1.39. The Balaban J connectivity index is 1.62. The average molecular weight is 356 g/mol. The molecule has 0 saturated carbocycles. The third-order valence-electron chi connectivity index (χ3n) is 4.31. The van der Waals surface area contributed by atoms with Crippen molar-refractivity contribution in [2.45, 2.75) is 46.1 Å². The zero-order chi connectivity index (χ0) is 18.7. The molecule has 1 atom stereocenters. The lowest BCUT2D eigenvalue weighted by Gasteiger charge is -2.16. The van der Waals surface area contributed by atoms with Crippen molar-refractivity contribution >= 4 is 17.5 Å². The first kappa shape index (κ1) is 18.1. The van der Waals surface area contributed by atoms with Gasteiger partial charge in [0, 0.05) is 30.6 Å². The lowest BCUT2D eigenvalue weighted by molar-refractivity contribution is -0.117. The van der Waals surface area contributed by atoms with Crippen LogP contribution in [-0.4, -0.2) is 28.5 Å². The molecule has 7 heteroatoms. The van der Waals surface area contributed by atoms with E-state index in [0.29, 0.717) is 29.6 Å². The third-order valence-corrected chi connectivity index (χ3v) is 4.31. The summed E-state index contributed by atoms with van der Waals surface area (Å²) in [5.41, 5.74) is 1.35. The van der Waals surface area contributed by atoms with Crippen LogP contribution in [0.4, 0.5) is 5.69 Å². The highest BCUT2D eigenvalue weighted by Gasteiger charge is 2.22. The first-order valence-electron chi connectivity index (χ1n) is 8.98. The fraction of sp³-hybridized carbons (Fsp3) is 0.474. The number of nitrogens with one attached hydrogen (secondary N) is 1. The summed E-state index contributed by atoms with van der Waals surface area (Å²) in [4.78, 5) is 30.3. The zero-order valence-electron chi connectivity index (χ0n) is 15.4. The van der Waals surface area contributed by atoms with Crippen LogP contribution in [0.1, 0.15) is 61.7 Å². The Bertz CT molecular complexity index is 782. The molecule has 0 unspecified atom stereocenters. The van der Waals surface area contributed by atoms with Gasteiger partial charge in [0.05, 0.1) is 0 Å². The van der Waals surface area contributed by atoms with E-state index in [0.717, 1.165) is 25.1 Å². The molecular weight excluding hydrogens is 332 g/mol. The van der Waals surface area contributed by atoms with Crippen LogP contribution in [0.2, 0.25) is 0 Å². The van der Waals surface area contributed by atoms with Crippen molar-refractivity contribution in [3.63, 3.8) is 0 Å². The van der Waals surface area contributed by atoms with E-state index in [2.05, 4.69) is 29.3 Å². The molecule has 0 bridgehead atoms. The van der Waals surface area contributed by atoms with E-state index in [4.69, 9.17) is 4.52 Å². The fourth-order valence-corrected chi connectivity index (χ4v) is 2.95. The number of nitrogens with zero attached hydrogens (tertiary/aromatic N) is 3. The van der Waals surface area contributed by atoms with Gasteiger partial charge in [0.1, 0.15) is 6.04 Å². The van der Waals surface area contributed by atoms with Crippen molar-refractivity contribution in [1.82, 2.24) is 15.5 Å². The van der Waals surface area contributed by atoms with Gasteiger partial charge in [-0.05, 0) is 43.5 Å². The summed E-state index contributed by atoms with van der Waals surface area (Å²) in [6, 6.07) is 6.67. The summed E-state index contributed by atoms with van der Waals surface area (Å²) in [7, 11) is 0. The lowest BCUT2D eigenvalue weighted by Crippen LogP contribution is -2.27. The molecule has 1 aliphatic rings. The summed E-state index contributed by atoms with van der Waals surface area (Å²) in [6.07, 6.45) is 2.20. The van der Waals surface area contributed by atoms with E-state index in [1.54, 1.807) is 29.2 Å². The molecule has 2 heterocycles. The van der Waals surface area contributed by atoms with Crippen LogP contribution in [0.25, 0.3) is 0 Å². The Morgan fingerprint density at radius 1 is 1.27 bits per heavy atom. The van der Waals surface area contributed by atoms with E-state index in [1.165, 1.54) is 0 Å². The number of carbonyl (C=O) groups is 2. The van der Waals surface area contributed by atoms with Gasteiger partial charge in [0.2, 0.25) is 11.8 Å². The van der Waals surface area contributed by atoms with Crippen molar-refractivity contribution in [1.29, 1.82) is 0 Å². The molecule has 1 N–H and O–H groups in total. The van der Waals surface area contributed by atoms with Crippen LogP contribution in [0, 0.1) is 5.92 Å². The minimum atomic E-state index is -0.379. The Labute approximate surface area is 152 Å². The number of hydrogen-bond donors (Lipinski definition) is 1.